The van der Waals surface area contributed by atoms with Crippen molar-refractivity contribution in [2.24, 2.45) is 7.05 Å². The minimum Gasteiger partial charge on any atom is -0.454 e. The molecule has 0 fully saturated rings. The molecule has 0 amide bonds. The summed E-state index contributed by atoms with van der Waals surface area (Å²) >= 11 is 0. The Bertz CT molecular complexity index is 1800. The van der Waals surface area contributed by atoms with Gasteiger partial charge in [-0.25, -0.2) is 4.57 Å². The number of aryl methyl sites for hydroxylation is 3. The summed E-state index contributed by atoms with van der Waals surface area (Å²) < 4.78 is 8.82. The van der Waals surface area contributed by atoms with Crippen LogP contribution in [-0.4, -0.2) is 0 Å². The van der Waals surface area contributed by atoms with E-state index in [9.17, 15) is 5.26 Å². The van der Waals surface area contributed by atoms with Crippen LogP contribution in [0.2, 0.25) is 0 Å². The van der Waals surface area contributed by atoms with Crippen LogP contribution in [0.25, 0.3) is 55.4 Å². The van der Waals surface area contributed by atoms with Crippen molar-refractivity contribution in [3.8, 4) is 39.6 Å². The van der Waals surface area contributed by atoms with Crippen molar-refractivity contribution in [1.82, 2.24) is 0 Å². The Morgan fingerprint density at radius 3 is 2.06 bits per heavy atom. The number of hydrogen-bond acceptors (Lipinski definition) is 2. The minimum absolute atomic E-state index is 0.651. The quantitative estimate of drug-likeness (QED) is 0.249. The number of benzene rings is 4. The van der Waals surface area contributed by atoms with Gasteiger partial charge in [-0.3, -0.25) is 0 Å². The van der Waals surface area contributed by atoms with E-state index in [1.165, 1.54) is 5.56 Å². The summed E-state index contributed by atoms with van der Waals surface area (Å²) in [7, 11) is 2.05. The smallest absolute Gasteiger partial charge is 0.216 e. The summed E-state index contributed by atoms with van der Waals surface area (Å²) in [4.78, 5) is 0. The second-order valence-electron chi connectivity index (χ2n) is 9.31. The summed E-state index contributed by atoms with van der Waals surface area (Å²) in [6, 6.07) is 33.7. The average Bonchev–Trinajstić information content (AvgIpc) is 3.27. The highest BCUT2D eigenvalue weighted by atomic mass is 16.3. The lowest BCUT2D eigenvalue weighted by atomic mass is 9.92. The fourth-order valence-corrected chi connectivity index (χ4v) is 5.19. The van der Waals surface area contributed by atoms with Gasteiger partial charge in [-0.1, -0.05) is 66.7 Å². The first kappa shape index (κ1) is 21.8. The van der Waals surface area contributed by atoms with Gasteiger partial charge in [-0.15, -0.1) is 0 Å². The van der Waals surface area contributed by atoms with Gasteiger partial charge in [0.2, 0.25) is 5.69 Å². The largest absolute Gasteiger partial charge is 0.454 e. The minimum atomic E-state index is 0.651. The second kappa shape index (κ2) is 8.52. The fourth-order valence-electron chi connectivity index (χ4n) is 5.19. The van der Waals surface area contributed by atoms with E-state index in [1.807, 2.05) is 50.5 Å². The number of nitrogens with zero attached hydrogens (tertiary/aromatic N) is 2. The van der Waals surface area contributed by atoms with Crippen molar-refractivity contribution in [2.45, 2.75) is 13.8 Å². The summed E-state index contributed by atoms with van der Waals surface area (Å²) in [5.74, 6) is 0. The molecule has 0 bridgehead atoms. The van der Waals surface area contributed by atoms with Gasteiger partial charge in [0.15, 0.2) is 6.20 Å². The average molecular weight is 466 g/mol. The third kappa shape index (κ3) is 3.39. The van der Waals surface area contributed by atoms with Gasteiger partial charge >= 0.3 is 0 Å². The summed E-state index contributed by atoms with van der Waals surface area (Å²) in [5.41, 5.74) is 10.6. The molecule has 172 valence electrons. The summed E-state index contributed by atoms with van der Waals surface area (Å²) in [5, 5.41) is 12.2. The molecule has 4 aromatic carbocycles. The van der Waals surface area contributed by atoms with E-state index in [-0.39, 0.29) is 0 Å². The van der Waals surface area contributed by atoms with Gasteiger partial charge in [0.05, 0.1) is 11.1 Å². The van der Waals surface area contributed by atoms with Crippen LogP contribution in [0.4, 0.5) is 0 Å². The third-order valence-electron chi connectivity index (χ3n) is 7.04. The lowest BCUT2D eigenvalue weighted by Gasteiger charge is -2.10. The molecule has 0 saturated carbocycles. The Labute approximate surface area is 210 Å². The van der Waals surface area contributed by atoms with Crippen LogP contribution in [0.3, 0.4) is 0 Å². The van der Waals surface area contributed by atoms with Crippen LogP contribution in [0.1, 0.15) is 16.7 Å². The number of furan rings is 1. The zero-order valence-electron chi connectivity index (χ0n) is 20.5. The first-order valence-corrected chi connectivity index (χ1v) is 12.1. The Morgan fingerprint density at radius 1 is 0.667 bits per heavy atom. The Balaban J connectivity index is 1.65. The molecule has 2 heterocycles. The molecule has 0 N–H and O–H groups in total. The number of pyridine rings is 1. The number of nitriles is 1. The molecule has 0 unspecified atom stereocenters. The highest BCUT2D eigenvalue weighted by Crippen LogP contribution is 2.43. The maximum absolute atomic E-state index is 10.1. The first-order chi connectivity index (χ1) is 17.6. The van der Waals surface area contributed by atoms with E-state index in [4.69, 9.17) is 4.42 Å². The predicted octanol–water partition coefficient (Wildman–Crippen LogP) is 7.90. The molecule has 0 aliphatic rings. The van der Waals surface area contributed by atoms with Gasteiger partial charge in [-0.2, -0.15) is 5.26 Å². The molecule has 0 saturated heterocycles. The molecule has 2 aromatic heterocycles. The lowest BCUT2D eigenvalue weighted by molar-refractivity contribution is -0.660. The van der Waals surface area contributed by atoms with Gasteiger partial charge in [0.1, 0.15) is 24.3 Å². The fraction of sp³-hybridized carbons (Fsp3) is 0.0909. The predicted molar refractivity (Wildman–Crippen MR) is 145 cm³/mol. The topological polar surface area (TPSA) is 40.8 Å². The molecule has 0 spiro atoms. The van der Waals surface area contributed by atoms with Crippen LogP contribution < -0.4 is 4.57 Å². The zero-order chi connectivity index (χ0) is 24.8. The number of fused-ring (bicyclic) bond motifs is 3. The molecule has 0 aliphatic carbocycles. The Morgan fingerprint density at radius 2 is 1.33 bits per heavy atom. The van der Waals surface area contributed by atoms with E-state index in [2.05, 4.69) is 78.2 Å². The monoisotopic (exact) mass is 465 g/mol. The molecule has 0 radical (unpaired) electrons. The molecular formula is C33H25N2O+. The van der Waals surface area contributed by atoms with Crippen LogP contribution in [0.5, 0.6) is 0 Å². The van der Waals surface area contributed by atoms with Gasteiger partial charge in [-0.05, 0) is 53.8 Å². The van der Waals surface area contributed by atoms with Crippen molar-refractivity contribution in [2.75, 3.05) is 0 Å². The van der Waals surface area contributed by atoms with Gasteiger partial charge in [0.25, 0.3) is 0 Å². The van der Waals surface area contributed by atoms with E-state index in [1.54, 1.807) is 0 Å². The molecule has 6 rings (SSSR count). The summed E-state index contributed by atoms with van der Waals surface area (Å²) in [6.07, 6.45) is 2.05. The SMILES string of the molecule is Cc1cc2c(oc3c(-c4cccc[n+]4C)c(C)ccc32)c(-c2ccc(-c3ccccc3)cc2)c1C#N. The lowest BCUT2D eigenvalue weighted by Crippen LogP contribution is -2.30. The Hall–Kier alpha value is -4.68. The molecule has 6 aromatic rings. The summed E-state index contributed by atoms with van der Waals surface area (Å²) in [6.45, 7) is 4.12. The van der Waals surface area contributed by atoms with Crippen LogP contribution >= 0.6 is 0 Å². The highest BCUT2D eigenvalue weighted by molar-refractivity contribution is 6.14. The van der Waals surface area contributed by atoms with Crippen molar-refractivity contribution in [3.05, 3.63) is 114 Å². The van der Waals surface area contributed by atoms with Gasteiger partial charge in [0, 0.05) is 28.5 Å². The third-order valence-corrected chi connectivity index (χ3v) is 7.04. The highest BCUT2D eigenvalue weighted by Gasteiger charge is 2.23. The molecule has 0 aliphatic heterocycles. The van der Waals surface area contributed by atoms with E-state index in [0.29, 0.717) is 5.56 Å². The van der Waals surface area contributed by atoms with E-state index < -0.39 is 0 Å². The number of hydrogen-bond donors (Lipinski definition) is 0. The standard InChI is InChI=1S/C33H25N2O/c1-21-12-17-26-27-19-22(2)28(20-34)31(25-15-13-24(14-16-25)23-9-5-4-6-10-23)33(27)36-32(26)30(21)29-11-7-8-18-35(29)3/h4-19H,1-3H3/q+1. The molecule has 0 atom stereocenters. The van der Waals surface area contributed by atoms with Crippen LogP contribution in [0, 0.1) is 25.2 Å². The van der Waals surface area contributed by atoms with Crippen molar-refractivity contribution in [3.63, 3.8) is 0 Å². The molecule has 3 heteroatoms. The maximum Gasteiger partial charge on any atom is 0.216 e. The number of aromatic nitrogens is 1. The molecule has 36 heavy (non-hydrogen) atoms. The van der Waals surface area contributed by atoms with E-state index >= 15 is 0 Å². The van der Waals surface area contributed by atoms with E-state index in [0.717, 1.165) is 61.0 Å². The van der Waals surface area contributed by atoms with Gasteiger partial charge < -0.3 is 4.42 Å². The zero-order valence-corrected chi connectivity index (χ0v) is 20.5. The molecular weight excluding hydrogens is 440 g/mol. The number of rotatable bonds is 3. The second-order valence-corrected chi connectivity index (χ2v) is 9.31. The Kier molecular flexibility index (Phi) is 5.16. The normalized spacial score (nSPS) is 11.2. The van der Waals surface area contributed by atoms with Crippen LogP contribution in [0.15, 0.2) is 102 Å². The maximum atomic E-state index is 10.1. The van der Waals surface area contributed by atoms with Crippen molar-refractivity contribution >= 4 is 21.9 Å². The van der Waals surface area contributed by atoms with Crippen molar-refractivity contribution < 1.29 is 8.98 Å². The first-order valence-electron chi connectivity index (χ1n) is 12.1. The van der Waals surface area contributed by atoms with Crippen molar-refractivity contribution in [1.29, 1.82) is 5.26 Å². The van der Waals surface area contributed by atoms with Crippen LogP contribution in [-0.2, 0) is 7.05 Å². The molecule has 3 nitrogen and oxygen atoms in total.